The highest BCUT2D eigenvalue weighted by molar-refractivity contribution is 5.98. The number of hydrogen-bond acceptors (Lipinski definition) is 2. The van der Waals surface area contributed by atoms with Crippen molar-refractivity contribution in [3.8, 4) is 0 Å². The molecule has 1 N–H and O–H groups in total. The third-order valence-electron chi connectivity index (χ3n) is 2.39. The number of fused-ring (bicyclic) bond motifs is 1. The van der Waals surface area contributed by atoms with Crippen LogP contribution in [0.2, 0.25) is 0 Å². The fourth-order valence-electron chi connectivity index (χ4n) is 1.79. The Hall–Kier alpha value is -1.38. The zero-order valence-corrected chi connectivity index (χ0v) is 7.46. The predicted octanol–water partition coefficient (Wildman–Crippen LogP) is 1.14. The van der Waals surface area contributed by atoms with Gasteiger partial charge >= 0.3 is 0 Å². The summed E-state index contributed by atoms with van der Waals surface area (Å²) >= 11 is 0. The van der Waals surface area contributed by atoms with E-state index in [2.05, 4.69) is 4.98 Å². The van der Waals surface area contributed by atoms with E-state index in [-0.39, 0.29) is 11.3 Å². The van der Waals surface area contributed by atoms with Gasteiger partial charge in [-0.15, -0.1) is 0 Å². The van der Waals surface area contributed by atoms with E-state index < -0.39 is 0 Å². The first-order valence-electron chi connectivity index (χ1n) is 4.42. The van der Waals surface area contributed by atoms with Crippen LogP contribution in [0.25, 0.3) is 0 Å². The van der Waals surface area contributed by atoms with Crippen molar-refractivity contribution in [3.63, 3.8) is 0 Å². The Bertz CT molecular complexity index is 406. The second kappa shape index (κ2) is 2.83. The lowest BCUT2D eigenvalue weighted by Gasteiger charge is -2.19. The van der Waals surface area contributed by atoms with Crippen LogP contribution in [-0.2, 0) is 6.42 Å². The fourth-order valence-corrected chi connectivity index (χ4v) is 1.79. The minimum absolute atomic E-state index is 0.124. The van der Waals surface area contributed by atoms with Gasteiger partial charge in [0.15, 0.2) is 5.78 Å². The molecule has 0 fully saturated rings. The minimum Gasteiger partial charge on any atom is -0.325 e. The largest absolute Gasteiger partial charge is 0.325 e. The highest BCUT2D eigenvalue weighted by atomic mass is 16.1. The number of aromatic amines is 1. The summed E-state index contributed by atoms with van der Waals surface area (Å²) in [6, 6.07) is 3.04. The molecule has 1 heterocycles. The molecule has 3 heteroatoms. The summed E-state index contributed by atoms with van der Waals surface area (Å²) in [6.07, 6.45) is 1.40. The molecule has 3 nitrogen and oxygen atoms in total. The zero-order valence-electron chi connectivity index (χ0n) is 7.46. The molecule has 0 saturated carbocycles. The minimum atomic E-state index is -0.124. The number of pyridine rings is 1. The third kappa shape index (κ3) is 1.41. The van der Waals surface area contributed by atoms with Crippen LogP contribution in [0.1, 0.15) is 29.4 Å². The maximum absolute atomic E-state index is 11.5. The Morgan fingerprint density at radius 1 is 1.31 bits per heavy atom. The number of ketones is 1. The number of nitrogens with one attached hydrogen (secondary N) is 1. The lowest BCUT2D eigenvalue weighted by atomic mass is 9.87. The van der Waals surface area contributed by atoms with Gasteiger partial charge in [0.05, 0.1) is 0 Å². The number of carbonyl (C=O) groups excluding carboxylic acids is 1. The molecule has 0 aromatic carbocycles. The van der Waals surface area contributed by atoms with Crippen LogP contribution in [-0.4, -0.2) is 10.8 Å². The number of H-pyrrole nitrogens is 1. The molecule has 1 aliphatic rings. The molecule has 2 rings (SSSR count). The van der Waals surface area contributed by atoms with Gasteiger partial charge < -0.3 is 4.98 Å². The SMILES string of the molecule is CC1CC(=O)c2ccc(=O)[nH]c2C1. The Morgan fingerprint density at radius 3 is 2.85 bits per heavy atom. The van der Waals surface area contributed by atoms with E-state index in [0.717, 1.165) is 12.1 Å². The monoisotopic (exact) mass is 177 g/mol. The Labute approximate surface area is 75.8 Å². The van der Waals surface area contributed by atoms with Crippen molar-refractivity contribution in [3.05, 3.63) is 33.7 Å². The summed E-state index contributed by atoms with van der Waals surface area (Å²) in [5, 5.41) is 0. The summed E-state index contributed by atoms with van der Waals surface area (Å²) in [6.45, 7) is 2.02. The van der Waals surface area contributed by atoms with Crippen molar-refractivity contribution in [2.45, 2.75) is 19.8 Å². The van der Waals surface area contributed by atoms with Crippen LogP contribution in [0.15, 0.2) is 16.9 Å². The number of carbonyl (C=O) groups is 1. The molecule has 1 aromatic rings. The van der Waals surface area contributed by atoms with E-state index >= 15 is 0 Å². The molecule has 0 spiro atoms. The normalized spacial score (nSPS) is 21.3. The first-order valence-corrected chi connectivity index (χ1v) is 4.42. The fraction of sp³-hybridized carbons (Fsp3) is 0.400. The Kier molecular flexibility index (Phi) is 1.79. The van der Waals surface area contributed by atoms with Gasteiger partial charge in [-0.25, -0.2) is 0 Å². The van der Waals surface area contributed by atoms with Crippen molar-refractivity contribution in [1.82, 2.24) is 4.98 Å². The van der Waals surface area contributed by atoms with Gasteiger partial charge in [-0.05, 0) is 18.4 Å². The molecule has 0 bridgehead atoms. The number of hydrogen-bond donors (Lipinski definition) is 1. The van der Waals surface area contributed by atoms with Crippen LogP contribution in [0.3, 0.4) is 0 Å². The topological polar surface area (TPSA) is 49.9 Å². The van der Waals surface area contributed by atoms with Crippen LogP contribution >= 0.6 is 0 Å². The molecular weight excluding hydrogens is 166 g/mol. The lowest BCUT2D eigenvalue weighted by Crippen LogP contribution is -2.22. The van der Waals surface area contributed by atoms with E-state index in [1.54, 1.807) is 6.07 Å². The molecule has 68 valence electrons. The number of Topliss-reactive ketones (excluding diaryl/α,β-unsaturated/α-hetero) is 1. The summed E-state index contributed by atoms with van der Waals surface area (Å²) < 4.78 is 0. The number of aromatic nitrogens is 1. The van der Waals surface area contributed by atoms with Crippen molar-refractivity contribution >= 4 is 5.78 Å². The molecule has 0 radical (unpaired) electrons. The zero-order chi connectivity index (χ0) is 9.42. The molecule has 1 unspecified atom stereocenters. The summed E-state index contributed by atoms with van der Waals surface area (Å²) in [5.41, 5.74) is 1.37. The third-order valence-corrected chi connectivity index (χ3v) is 2.39. The van der Waals surface area contributed by atoms with E-state index in [0.29, 0.717) is 17.9 Å². The van der Waals surface area contributed by atoms with E-state index in [4.69, 9.17) is 0 Å². The van der Waals surface area contributed by atoms with Gasteiger partial charge in [0.2, 0.25) is 5.56 Å². The Balaban J connectivity index is 2.55. The maximum atomic E-state index is 11.5. The molecule has 0 saturated heterocycles. The highest BCUT2D eigenvalue weighted by Gasteiger charge is 2.22. The second-order valence-electron chi connectivity index (χ2n) is 3.65. The van der Waals surface area contributed by atoms with Crippen molar-refractivity contribution in [2.24, 2.45) is 5.92 Å². The molecule has 13 heavy (non-hydrogen) atoms. The maximum Gasteiger partial charge on any atom is 0.248 e. The average molecular weight is 177 g/mol. The first-order chi connectivity index (χ1) is 6.16. The standard InChI is InChI=1S/C10H11NO2/c1-6-4-8-7(9(12)5-6)2-3-10(13)11-8/h2-3,6H,4-5H2,1H3,(H,11,13). The smallest absolute Gasteiger partial charge is 0.248 e. The summed E-state index contributed by atoms with van der Waals surface area (Å²) in [5.74, 6) is 0.489. The number of rotatable bonds is 0. The first kappa shape index (κ1) is 8.23. The van der Waals surface area contributed by atoms with Gasteiger partial charge in [-0.1, -0.05) is 6.92 Å². The quantitative estimate of drug-likeness (QED) is 0.646. The molecule has 1 aliphatic carbocycles. The van der Waals surface area contributed by atoms with Crippen LogP contribution in [0.5, 0.6) is 0 Å². The highest BCUT2D eigenvalue weighted by Crippen LogP contribution is 2.22. The second-order valence-corrected chi connectivity index (χ2v) is 3.65. The summed E-state index contributed by atoms with van der Waals surface area (Å²) in [4.78, 5) is 25.2. The van der Waals surface area contributed by atoms with Crippen LogP contribution in [0, 0.1) is 5.92 Å². The van der Waals surface area contributed by atoms with Crippen molar-refractivity contribution in [1.29, 1.82) is 0 Å². The van der Waals surface area contributed by atoms with E-state index in [9.17, 15) is 9.59 Å². The van der Waals surface area contributed by atoms with Gasteiger partial charge in [0.1, 0.15) is 0 Å². The van der Waals surface area contributed by atoms with Gasteiger partial charge in [0.25, 0.3) is 0 Å². The van der Waals surface area contributed by atoms with Crippen LogP contribution < -0.4 is 5.56 Å². The average Bonchev–Trinajstić information content (AvgIpc) is 2.02. The molecular formula is C10H11NO2. The lowest BCUT2D eigenvalue weighted by molar-refractivity contribution is 0.0952. The molecule has 0 aliphatic heterocycles. The van der Waals surface area contributed by atoms with Crippen molar-refractivity contribution < 1.29 is 4.79 Å². The summed E-state index contributed by atoms with van der Waals surface area (Å²) in [7, 11) is 0. The molecule has 0 amide bonds. The van der Waals surface area contributed by atoms with Gasteiger partial charge in [-0.3, -0.25) is 9.59 Å². The van der Waals surface area contributed by atoms with Crippen molar-refractivity contribution in [2.75, 3.05) is 0 Å². The van der Waals surface area contributed by atoms with Gasteiger partial charge in [0, 0.05) is 23.7 Å². The molecule has 1 atom stereocenters. The Morgan fingerprint density at radius 2 is 2.08 bits per heavy atom. The predicted molar refractivity (Wildman–Crippen MR) is 48.9 cm³/mol. The molecule has 1 aromatic heterocycles. The van der Waals surface area contributed by atoms with Gasteiger partial charge in [-0.2, -0.15) is 0 Å². The van der Waals surface area contributed by atoms with E-state index in [1.807, 2.05) is 6.92 Å². The van der Waals surface area contributed by atoms with Crippen LogP contribution in [0.4, 0.5) is 0 Å². The van der Waals surface area contributed by atoms with E-state index in [1.165, 1.54) is 6.07 Å².